The summed E-state index contributed by atoms with van der Waals surface area (Å²) < 4.78 is 1.32. The van der Waals surface area contributed by atoms with Gasteiger partial charge >= 0.3 is 11.7 Å². The normalized spacial score (nSPS) is 23.3. The Balaban J connectivity index is 2.30. The maximum Gasteiger partial charge on any atom is 0.330 e. The zero-order chi connectivity index (χ0) is 13.5. The van der Waals surface area contributed by atoms with E-state index in [1.54, 1.807) is 7.05 Å². The van der Waals surface area contributed by atoms with Gasteiger partial charge in [0.2, 0.25) is 5.82 Å². The number of carboxylic acid groups (broad SMARTS) is 1. The summed E-state index contributed by atoms with van der Waals surface area (Å²) in [7, 11) is 1.57. The van der Waals surface area contributed by atoms with Gasteiger partial charge in [0.1, 0.15) is 11.7 Å². The van der Waals surface area contributed by atoms with E-state index < -0.39 is 16.4 Å². The van der Waals surface area contributed by atoms with Crippen LogP contribution in [0.2, 0.25) is 0 Å². The van der Waals surface area contributed by atoms with Gasteiger partial charge in [-0.05, 0) is 6.42 Å². The Hall–Kier alpha value is -2.16. The molecule has 98 valence electrons. The number of nitrogens with two attached hydrogens (primary N) is 1. The van der Waals surface area contributed by atoms with Crippen LogP contribution >= 0.6 is 0 Å². The molecule has 9 nitrogen and oxygen atoms in total. The van der Waals surface area contributed by atoms with Crippen LogP contribution in [0.3, 0.4) is 0 Å². The Morgan fingerprint density at radius 1 is 1.72 bits per heavy atom. The molecule has 0 spiro atoms. The van der Waals surface area contributed by atoms with Gasteiger partial charge in [-0.2, -0.15) is 0 Å². The van der Waals surface area contributed by atoms with Gasteiger partial charge in [0.25, 0.3) is 0 Å². The highest BCUT2D eigenvalue weighted by atomic mass is 16.6. The van der Waals surface area contributed by atoms with Gasteiger partial charge in [-0.3, -0.25) is 19.6 Å². The maximum atomic E-state index is 11.0. The fourth-order valence-electron chi connectivity index (χ4n) is 2.01. The molecule has 1 unspecified atom stereocenters. The lowest BCUT2D eigenvalue weighted by Gasteiger charge is -2.19. The van der Waals surface area contributed by atoms with Crippen molar-refractivity contribution in [3.63, 3.8) is 0 Å². The first kappa shape index (κ1) is 12.3. The number of anilines is 1. The minimum atomic E-state index is -1.37. The van der Waals surface area contributed by atoms with Crippen molar-refractivity contribution in [2.45, 2.75) is 12.0 Å². The molecule has 1 aromatic rings. The van der Waals surface area contributed by atoms with Crippen molar-refractivity contribution in [2.24, 2.45) is 12.8 Å². The van der Waals surface area contributed by atoms with E-state index in [1.807, 2.05) is 0 Å². The Bertz CT molecular complexity index is 513. The molecule has 18 heavy (non-hydrogen) atoms. The van der Waals surface area contributed by atoms with Crippen molar-refractivity contribution in [3.05, 3.63) is 16.3 Å². The molecule has 1 saturated heterocycles. The molecule has 9 heteroatoms. The van der Waals surface area contributed by atoms with Crippen molar-refractivity contribution < 1.29 is 14.8 Å². The quantitative estimate of drug-likeness (QED) is 0.541. The van der Waals surface area contributed by atoms with Gasteiger partial charge in [0.15, 0.2) is 0 Å². The van der Waals surface area contributed by atoms with E-state index in [9.17, 15) is 14.9 Å². The van der Waals surface area contributed by atoms with E-state index in [0.717, 1.165) is 0 Å². The number of aliphatic carboxylic acids is 1. The number of hydrogen-bond donors (Lipinski definition) is 2. The second-order valence-electron chi connectivity index (χ2n) is 4.40. The summed E-state index contributed by atoms with van der Waals surface area (Å²) in [5.74, 6) is -0.945. The summed E-state index contributed by atoms with van der Waals surface area (Å²) in [5, 5.41) is 23.9. The number of hydrogen-bond acceptors (Lipinski definition) is 6. The number of nitro groups is 1. The Morgan fingerprint density at radius 3 is 2.89 bits per heavy atom. The zero-order valence-corrected chi connectivity index (χ0v) is 9.74. The van der Waals surface area contributed by atoms with Crippen LogP contribution in [0.1, 0.15) is 6.42 Å². The monoisotopic (exact) mass is 255 g/mol. The zero-order valence-electron chi connectivity index (χ0n) is 9.74. The molecule has 1 aromatic heterocycles. The Morgan fingerprint density at radius 2 is 2.39 bits per heavy atom. The van der Waals surface area contributed by atoms with Gasteiger partial charge in [0, 0.05) is 20.1 Å². The van der Waals surface area contributed by atoms with Gasteiger partial charge in [-0.15, -0.1) is 5.10 Å². The third-order valence-electron chi connectivity index (χ3n) is 3.01. The molecule has 0 radical (unpaired) electrons. The predicted octanol–water partition coefficient (Wildman–Crippen LogP) is -0.679. The lowest BCUT2D eigenvalue weighted by Crippen LogP contribution is -2.50. The number of aromatic nitrogens is 2. The molecule has 1 aliphatic rings. The standard InChI is InChI=1S/C9H13N5O4/c1-12-4-6(14(17)18)7(11-12)13-3-2-9(10,5-13)8(15)16/h4H,2-3,5,10H2,1H3,(H,15,16). The Kier molecular flexibility index (Phi) is 2.70. The molecule has 1 aliphatic heterocycles. The first-order chi connectivity index (χ1) is 8.33. The highest BCUT2D eigenvalue weighted by molar-refractivity contribution is 5.81. The maximum absolute atomic E-state index is 11.0. The largest absolute Gasteiger partial charge is 0.480 e. The highest BCUT2D eigenvalue weighted by Crippen LogP contribution is 2.31. The van der Waals surface area contributed by atoms with E-state index in [2.05, 4.69) is 5.10 Å². The van der Waals surface area contributed by atoms with Crippen LogP contribution in [0.5, 0.6) is 0 Å². The third kappa shape index (κ3) is 1.88. The summed E-state index contributed by atoms with van der Waals surface area (Å²) in [5.41, 5.74) is 4.20. The van der Waals surface area contributed by atoms with Crippen molar-refractivity contribution in [1.82, 2.24) is 9.78 Å². The van der Waals surface area contributed by atoms with Crippen molar-refractivity contribution >= 4 is 17.5 Å². The highest BCUT2D eigenvalue weighted by Gasteiger charge is 2.43. The van der Waals surface area contributed by atoms with Crippen LogP contribution in [0.25, 0.3) is 0 Å². The van der Waals surface area contributed by atoms with E-state index in [4.69, 9.17) is 10.8 Å². The topological polar surface area (TPSA) is 128 Å². The number of carbonyl (C=O) groups is 1. The van der Waals surface area contributed by atoms with Crippen LogP contribution < -0.4 is 10.6 Å². The molecule has 0 saturated carbocycles. The molecule has 2 heterocycles. The van der Waals surface area contributed by atoms with Crippen molar-refractivity contribution in [2.75, 3.05) is 18.0 Å². The van der Waals surface area contributed by atoms with E-state index >= 15 is 0 Å². The van der Waals surface area contributed by atoms with Crippen LogP contribution in [0.4, 0.5) is 11.5 Å². The summed E-state index contributed by atoms with van der Waals surface area (Å²) >= 11 is 0. The average molecular weight is 255 g/mol. The van der Waals surface area contributed by atoms with E-state index in [0.29, 0.717) is 6.54 Å². The Labute approximate surface area is 102 Å². The fourth-order valence-corrected chi connectivity index (χ4v) is 2.01. The predicted molar refractivity (Wildman–Crippen MR) is 61.2 cm³/mol. The number of nitrogens with zero attached hydrogens (tertiary/aromatic N) is 4. The number of carboxylic acids is 1. The molecule has 1 fully saturated rings. The molecule has 0 bridgehead atoms. The van der Waals surface area contributed by atoms with Crippen LogP contribution in [-0.2, 0) is 11.8 Å². The summed E-state index contributed by atoms with van der Waals surface area (Å²) in [6, 6.07) is 0. The van der Waals surface area contributed by atoms with Crippen LogP contribution in [0.15, 0.2) is 6.20 Å². The third-order valence-corrected chi connectivity index (χ3v) is 3.01. The molecule has 1 atom stereocenters. The van der Waals surface area contributed by atoms with Crippen molar-refractivity contribution in [3.8, 4) is 0 Å². The molecule has 0 aromatic carbocycles. The first-order valence-corrected chi connectivity index (χ1v) is 5.29. The van der Waals surface area contributed by atoms with Gasteiger partial charge in [0.05, 0.1) is 4.92 Å². The second-order valence-corrected chi connectivity index (χ2v) is 4.40. The molecular weight excluding hydrogens is 242 g/mol. The van der Waals surface area contributed by atoms with Crippen LogP contribution in [-0.4, -0.2) is 44.4 Å². The second kappa shape index (κ2) is 3.95. The summed E-state index contributed by atoms with van der Waals surface area (Å²) in [6.07, 6.45) is 1.52. The smallest absolute Gasteiger partial charge is 0.330 e. The van der Waals surface area contributed by atoms with Gasteiger partial charge in [-0.1, -0.05) is 0 Å². The fraction of sp³-hybridized carbons (Fsp3) is 0.556. The molecular formula is C9H13N5O4. The van der Waals surface area contributed by atoms with Crippen molar-refractivity contribution in [1.29, 1.82) is 0 Å². The minimum Gasteiger partial charge on any atom is -0.480 e. The molecule has 0 aliphatic carbocycles. The van der Waals surface area contributed by atoms with E-state index in [-0.39, 0.29) is 24.5 Å². The summed E-state index contributed by atoms with van der Waals surface area (Å²) in [4.78, 5) is 22.9. The SMILES string of the molecule is Cn1cc([N+](=O)[O-])c(N2CCC(N)(C(=O)O)C2)n1. The van der Waals surface area contributed by atoms with E-state index in [1.165, 1.54) is 15.8 Å². The molecule has 0 amide bonds. The lowest BCUT2D eigenvalue weighted by atomic mass is 10.0. The van der Waals surface area contributed by atoms with Crippen LogP contribution in [0, 0.1) is 10.1 Å². The number of rotatable bonds is 3. The lowest BCUT2D eigenvalue weighted by molar-refractivity contribution is -0.384. The molecule has 2 rings (SSSR count). The molecule has 3 N–H and O–H groups in total. The average Bonchev–Trinajstić information content (AvgIpc) is 2.83. The first-order valence-electron chi connectivity index (χ1n) is 5.29. The number of aryl methyl sites for hydroxylation is 1. The summed E-state index contributed by atoms with van der Waals surface area (Å²) in [6.45, 7) is 0.348. The van der Waals surface area contributed by atoms with Gasteiger partial charge in [-0.25, -0.2) is 0 Å². The minimum absolute atomic E-state index is 0.0141. The van der Waals surface area contributed by atoms with Gasteiger partial charge < -0.3 is 15.7 Å².